The third kappa shape index (κ3) is 6.02. The molecule has 152 valence electrons. The molecule has 0 fully saturated rings. The highest BCUT2D eigenvalue weighted by Crippen LogP contribution is 2.26. The lowest BCUT2D eigenvalue weighted by molar-refractivity contribution is 0.518. The lowest BCUT2D eigenvalue weighted by Crippen LogP contribution is -2.43. The third-order valence-corrected chi connectivity index (χ3v) is 6.57. The van der Waals surface area contributed by atoms with Gasteiger partial charge in [0.05, 0.1) is 6.54 Å². The molecule has 28 heavy (non-hydrogen) atoms. The topological polar surface area (TPSA) is 67.1 Å². The summed E-state index contributed by atoms with van der Waals surface area (Å²) < 4.78 is 1.97. The summed E-state index contributed by atoms with van der Waals surface area (Å²) in [5, 5.41) is 19.4. The molecule has 2 N–H and O–H groups in total. The van der Waals surface area contributed by atoms with Gasteiger partial charge in [0.2, 0.25) is 0 Å². The summed E-state index contributed by atoms with van der Waals surface area (Å²) in [6, 6.07) is 8.47. The first-order valence-electron chi connectivity index (χ1n) is 8.89. The monoisotopic (exact) mass is 530 g/mol. The van der Waals surface area contributed by atoms with Crippen molar-refractivity contribution in [1.29, 1.82) is 0 Å². The van der Waals surface area contributed by atoms with Crippen molar-refractivity contribution in [2.24, 2.45) is 12.0 Å². The van der Waals surface area contributed by atoms with Crippen molar-refractivity contribution in [1.82, 2.24) is 25.4 Å². The van der Waals surface area contributed by atoms with E-state index >= 15 is 0 Å². The molecule has 3 aromatic rings. The van der Waals surface area contributed by atoms with Gasteiger partial charge in [0, 0.05) is 28.8 Å². The third-order valence-electron chi connectivity index (χ3n) is 4.46. The SMILES string of the molecule is Cc1nnc(CN=C(NCc2cccs2)NCC(C)(C)c2cccs2)n1C.I. The molecule has 3 aromatic heterocycles. The summed E-state index contributed by atoms with van der Waals surface area (Å²) in [5.74, 6) is 2.52. The van der Waals surface area contributed by atoms with Crippen LogP contribution in [0.25, 0.3) is 0 Å². The van der Waals surface area contributed by atoms with Crippen molar-refractivity contribution >= 4 is 52.6 Å². The molecule has 6 nitrogen and oxygen atoms in total. The van der Waals surface area contributed by atoms with Gasteiger partial charge in [0.1, 0.15) is 12.4 Å². The van der Waals surface area contributed by atoms with Crippen LogP contribution >= 0.6 is 46.7 Å². The van der Waals surface area contributed by atoms with Crippen LogP contribution in [0.1, 0.15) is 35.3 Å². The van der Waals surface area contributed by atoms with Crippen LogP contribution in [0.2, 0.25) is 0 Å². The Hall–Kier alpha value is -1.46. The Balaban J connectivity index is 0.00000280. The zero-order valence-corrected chi connectivity index (χ0v) is 20.6. The maximum atomic E-state index is 4.73. The Labute approximate surface area is 191 Å². The molecule has 0 aliphatic carbocycles. The number of halogens is 1. The number of guanidine groups is 1. The Kier molecular flexibility index (Phi) is 8.44. The number of aromatic nitrogens is 3. The normalized spacial score (nSPS) is 11.9. The van der Waals surface area contributed by atoms with Crippen LogP contribution in [0.3, 0.4) is 0 Å². The molecule has 0 aromatic carbocycles. The second-order valence-electron chi connectivity index (χ2n) is 7.03. The van der Waals surface area contributed by atoms with E-state index in [1.807, 2.05) is 18.5 Å². The van der Waals surface area contributed by atoms with Crippen LogP contribution in [-0.2, 0) is 25.6 Å². The Morgan fingerprint density at radius 1 is 1.14 bits per heavy atom. The molecule has 0 amide bonds. The molecule has 0 spiro atoms. The van der Waals surface area contributed by atoms with E-state index in [-0.39, 0.29) is 29.4 Å². The number of aliphatic imine (C=N–C) groups is 1. The van der Waals surface area contributed by atoms with E-state index in [0.29, 0.717) is 6.54 Å². The summed E-state index contributed by atoms with van der Waals surface area (Å²) >= 11 is 3.52. The van der Waals surface area contributed by atoms with Gasteiger partial charge in [-0.15, -0.1) is 56.8 Å². The lowest BCUT2D eigenvalue weighted by Gasteiger charge is -2.25. The van der Waals surface area contributed by atoms with Crippen molar-refractivity contribution < 1.29 is 0 Å². The molecule has 0 unspecified atom stereocenters. The number of hydrogen-bond acceptors (Lipinski definition) is 5. The van der Waals surface area contributed by atoms with Gasteiger partial charge < -0.3 is 15.2 Å². The van der Waals surface area contributed by atoms with E-state index in [2.05, 4.69) is 69.7 Å². The lowest BCUT2D eigenvalue weighted by atomic mass is 9.91. The van der Waals surface area contributed by atoms with Gasteiger partial charge in [0.25, 0.3) is 0 Å². The van der Waals surface area contributed by atoms with E-state index in [4.69, 9.17) is 4.99 Å². The highest BCUT2D eigenvalue weighted by molar-refractivity contribution is 14.0. The number of aryl methyl sites for hydroxylation is 1. The first-order chi connectivity index (χ1) is 13.0. The van der Waals surface area contributed by atoms with Gasteiger partial charge >= 0.3 is 0 Å². The van der Waals surface area contributed by atoms with Crippen molar-refractivity contribution in [2.75, 3.05) is 6.54 Å². The van der Waals surface area contributed by atoms with Gasteiger partial charge in [-0.1, -0.05) is 26.0 Å². The minimum Gasteiger partial charge on any atom is -0.355 e. The van der Waals surface area contributed by atoms with Crippen LogP contribution < -0.4 is 10.6 Å². The predicted molar refractivity (Wildman–Crippen MR) is 129 cm³/mol. The second-order valence-corrected chi connectivity index (χ2v) is 9.01. The fourth-order valence-electron chi connectivity index (χ4n) is 2.55. The quantitative estimate of drug-likeness (QED) is 0.275. The fraction of sp³-hybridized carbons (Fsp3) is 0.421. The molecule has 3 rings (SSSR count). The van der Waals surface area contributed by atoms with Gasteiger partial charge in [-0.2, -0.15) is 0 Å². The van der Waals surface area contributed by atoms with Gasteiger partial charge in [0.15, 0.2) is 11.8 Å². The predicted octanol–water partition coefficient (Wildman–Crippen LogP) is 4.08. The summed E-state index contributed by atoms with van der Waals surface area (Å²) in [4.78, 5) is 7.36. The van der Waals surface area contributed by atoms with Crippen molar-refractivity contribution in [3.05, 3.63) is 56.4 Å². The van der Waals surface area contributed by atoms with E-state index in [0.717, 1.165) is 30.7 Å². The zero-order chi connectivity index (χ0) is 19.3. The maximum Gasteiger partial charge on any atom is 0.192 e. The highest BCUT2D eigenvalue weighted by atomic mass is 127. The van der Waals surface area contributed by atoms with Crippen molar-refractivity contribution in [3.8, 4) is 0 Å². The molecule has 0 aliphatic rings. The molecule has 0 atom stereocenters. The average molecular weight is 531 g/mol. The highest BCUT2D eigenvalue weighted by Gasteiger charge is 2.22. The first-order valence-corrected chi connectivity index (χ1v) is 10.6. The Morgan fingerprint density at radius 2 is 1.89 bits per heavy atom. The standard InChI is InChI=1S/C19H26N6S2.HI/c1-14-23-24-17(25(14)4)12-21-18(20-11-15-7-5-9-26-15)22-13-19(2,3)16-8-6-10-27-16;/h5-10H,11-13H2,1-4H3,(H2,20,21,22);1H. The Morgan fingerprint density at radius 3 is 2.50 bits per heavy atom. The minimum atomic E-state index is 0. The van der Waals surface area contributed by atoms with Crippen LogP contribution in [-0.4, -0.2) is 27.3 Å². The molecule has 0 bridgehead atoms. The van der Waals surface area contributed by atoms with Crippen molar-refractivity contribution in [2.45, 2.75) is 39.3 Å². The maximum absolute atomic E-state index is 4.73. The van der Waals surface area contributed by atoms with Gasteiger partial charge in [-0.3, -0.25) is 0 Å². The first kappa shape index (κ1) is 22.8. The largest absolute Gasteiger partial charge is 0.355 e. The molecule has 0 aliphatic heterocycles. The van der Waals surface area contributed by atoms with Crippen LogP contribution in [0.4, 0.5) is 0 Å². The van der Waals surface area contributed by atoms with E-state index < -0.39 is 0 Å². The summed E-state index contributed by atoms with van der Waals surface area (Å²) in [6.07, 6.45) is 0. The second kappa shape index (κ2) is 10.4. The average Bonchev–Trinajstić information content (AvgIpc) is 3.40. The molecule has 3 heterocycles. The van der Waals surface area contributed by atoms with Crippen molar-refractivity contribution in [3.63, 3.8) is 0 Å². The molecular weight excluding hydrogens is 503 g/mol. The number of thiophene rings is 2. The summed E-state index contributed by atoms with van der Waals surface area (Å²) in [5.41, 5.74) is 0.0287. The number of nitrogens with zero attached hydrogens (tertiary/aromatic N) is 4. The van der Waals surface area contributed by atoms with Crippen LogP contribution in [0, 0.1) is 6.92 Å². The van der Waals surface area contributed by atoms with Crippen LogP contribution in [0.5, 0.6) is 0 Å². The molecule has 0 radical (unpaired) electrons. The minimum absolute atomic E-state index is 0. The summed E-state index contributed by atoms with van der Waals surface area (Å²) in [7, 11) is 1.96. The van der Waals surface area contributed by atoms with E-state index in [1.165, 1.54) is 9.75 Å². The van der Waals surface area contributed by atoms with E-state index in [1.54, 1.807) is 22.7 Å². The molecular formula is C19H27IN6S2. The Bertz CT molecular complexity index is 869. The smallest absolute Gasteiger partial charge is 0.192 e. The molecule has 0 saturated heterocycles. The number of rotatable bonds is 7. The molecule has 9 heteroatoms. The number of nitrogens with one attached hydrogen (secondary N) is 2. The molecule has 0 saturated carbocycles. The van der Waals surface area contributed by atoms with E-state index in [9.17, 15) is 0 Å². The summed E-state index contributed by atoms with van der Waals surface area (Å²) in [6.45, 7) is 8.46. The van der Waals surface area contributed by atoms with Crippen LogP contribution in [0.15, 0.2) is 40.0 Å². The number of hydrogen-bond donors (Lipinski definition) is 2. The fourth-order valence-corrected chi connectivity index (χ4v) is 4.05. The van der Waals surface area contributed by atoms with Gasteiger partial charge in [-0.25, -0.2) is 4.99 Å². The van der Waals surface area contributed by atoms with Gasteiger partial charge in [-0.05, 0) is 29.8 Å². The zero-order valence-electron chi connectivity index (χ0n) is 16.6.